The maximum atomic E-state index is 2.22. The van der Waals surface area contributed by atoms with Crippen LogP contribution in [-0.2, 0) is 5.75 Å². The monoisotopic (exact) mass is 172 g/mol. The van der Waals surface area contributed by atoms with E-state index in [-0.39, 0.29) is 0 Å². The Morgan fingerprint density at radius 3 is 3.10 bits per heavy atom. The third-order valence-electron chi connectivity index (χ3n) is 1.20. The van der Waals surface area contributed by atoms with E-state index in [1.807, 2.05) is 11.8 Å². The van der Waals surface area contributed by atoms with Crippen LogP contribution in [0.2, 0.25) is 0 Å². The molecule has 0 N–H and O–H groups in total. The molecule has 0 aliphatic rings. The van der Waals surface area contributed by atoms with E-state index in [0.717, 1.165) is 0 Å². The van der Waals surface area contributed by atoms with Crippen LogP contribution in [0, 0.1) is 0 Å². The Hall–Kier alpha value is 0.0500. The zero-order valence-corrected chi connectivity index (χ0v) is 7.80. The van der Waals surface area contributed by atoms with Crippen LogP contribution in [-0.4, -0.2) is 5.75 Å². The fourth-order valence-corrected chi connectivity index (χ4v) is 2.33. The molecule has 0 radical (unpaired) electrons. The molecule has 0 bridgehead atoms. The van der Waals surface area contributed by atoms with Gasteiger partial charge in [0.1, 0.15) is 0 Å². The zero-order chi connectivity index (χ0) is 7.23. The first-order valence-electron chi connectivity index (χ1n) is 3.52. The Kier molecular flexibility index (Phi) is 3.91. The van der Waals surface area contributed by atoms with Crippen LogP contribution in [0.15, 0.2) is 16.8 Å². The van der Waals surface area contributed by atoms with Gasteiger partial charge in [-0.25, -0.2) is 0 Å². The molecule has 0 atom stereocenters. The van der Waals surface area contributed by atoms with Crippen molar-refractivity contribution < 1.29 is 0 Å². The van der Waals surface area contributed by atoms with Gasteiger partial charge in [-0.05, 0) is 34.6 Å². The number of hydrogen-bond acceptors (Lipinski definition) is 2. The van der Waals surface area contributed by atoms with Crippen LogP contribution in [0.1, 0.15) is 18.9 Å². The highest BCUT2D eigenvalue weighted by Crippen LogP contribution is 2.14. The molecule has 0 spiro atoms. The van der Waals surface area contributed by atoms with Crippen LogP contribution in [0.3, 0.4) is 0 Å². The third-order valence-corrected chi connectivity index (χ3v) is 3.16. The lowest BCUT2D eigenvalue weighted by atomic mass is 10.4. The number of thiophene rings is 1. The van der Waals surface area contributed by atoms with Gasteiger partial charge in [0, 0.05) is 5.75 Å². The van der Waals surface area contributed by atoms with Crippen LogP contribution >= 0.6 is 23.1 Å². The maximum Gasteiger partial charge on any atom is 0.0192 e. The second-order valence-corrected chi connectivity index (χ2v) is 4.07. The second-order valence-electron chi connectivity index (χ2n) is 2.18. The van der Waals surface area contributed by atoms with Crippen LogP contribution in [0.5, 0.6) is 0 Å². The summed E-state index contributed by atoms with van der Waals surface area (Å²) >= 11 is 3.80. The zero-order valence-electron chi connectivity index (χ0n) is 6.17. The van der Waals surface area contributed by atoms with Gasteiger partial charge in [0.15, 0.2) is 0 Å². The molecule has 56 valence electrons. The van der Waals surface area contributed by atoms with Crippen molar-refractivity contribution in [3.05, 3.63) is 22.4 Å². The van der Waals surface area contributed by atoms with Gasteiger partial charge in [0.25, 0.3) is 0 Å². The summed E-state index contributed by atoms with van der Waals surface area (Å²) in [6, 6.07) is 2.20. The summed E-state index contributed by atoms with van der Waals surface area (Å²) in [6.07, 6.45) is 1.29. The Balaban J connectivity index is 2.15. The van der Waals surface area contributed by atoms with Gasteiger partial charge in [0.2, 0.25) is 0 Å². The fourth-order valence-electron chi connectivity index (χ4n) is 0.709. The van der Waals surface area contributed by atoms with E-state index in [2.05, 4.69) is 23.8 Å². The average Bonchev–Trinajstić information content (AvgIpc) is 2.41. The van der Waals surface area contributed by atoms with Crippen molar-refractivity contribution in [1.29, 1.82) is 0 Å². The molecule has 10 heavy (non-hydrogen) atoms. The van der Waals surface area contributed by atoms with E-state index in [0.29, 0.717) is 0 Å². The fraction of sp³-hybridized carbons (Fsp3) is 0.500. The molecule has 0 aliphatic carbocycles. The molecule has 0 aliphatic heterocycles. The van der Waals surface area contributed by atoms with Crippen LogP contribution < -0.4 is 0 Å². The SMILES string of the molecule is CCCSCc1ccsc1. The smallest absolute Gasteiger partial charge is 0.0192 e. The van der Waals surface area contributed by atoms with Crippen molar-refractivity contribution in [1.82, 2.24) is 0 Å². The van der Waals surface area contributed by atoms with Gasteiger partial charge in [0.05, 0.1) is 0 Å². The Bertz CT molecular complexity index is 156. The van der Waals surface area contributed by atoms with Crippen molar-refractivity contribution in [3.63, 3.8) is 0 Å². The highest BCUT2D eigenvalue weighted by molar-refractivity contribution is 7.98. The van der Waals surface area contributed by atoms with Gasteiger partial charge in [-0.2, -0.15) is 23.1 Å². The summed E-state index contributed by atoms with van der Waals surface area (Å²) in [5.41, 5.74) is 1.48. The predicted molar refractivity (Wildman–Crippen MR) is 50.8 cm³/mol. The van der Waals surface area contributed by atoms with E-state index in [4.69, 9.17) is 0 Å². The van der Waals surface area contributed by atoms with Gasteiger partial charge in [-0.3, -0.25) is 0 Å². The van der Waals surface area contributed by atoms with Crippen LogP contribution in [0.25, 0.3) is 0 Å². The molecule has 1 rings (SSSR count). The van der Waals surface area contributed by atoms with Crippen molar-refractivity contribution in [2.45, 2.75) is 19.1 Å². The molecule has 0 fully saturated rings. The largest absolute Gasteiger partial charge is 0.157 e. The highest BCUT2D eigenvalue weighted by atomic mass is 32.2. The lowest BCUT2D eigenvalue weighted by Crippen LogP contribution is -1.76. The first kappa shape index (κ1) is 8.15. The van der Waals surface area contributed by atoms with E-state index >= 15 is 0 Å². The summed E-state index contributed by atoms with van der Waals surface area (Å²) in [5.74, 6) is 2.48. The number of thioether (sulfide) groups is 1. The second kappa shape index (κ2) is 4.80. The molecule has 2 heteroatoms. The van der Waals surface area contributed by atoms with E-state index in [1.54, 1.807) is 11.3 Å². The minimum atomic E-state index is 1.19. The Morgan fingerprint density at radius 2 is 2.50 bits per heavy atom. The molecule has 0 amide bonds. The minimum Gasteiger partial charge on any atom is -0.157 e. The summed E-state index contributed by atoms with van der Waals surface area (Å²) in [5, 5.41) is 4.37. The van der Waals surface area contributed by atoms with Gasteiger partial charge in [-0.15, -0.1) is 0 Å². The quantitative estimate of drug-likeness (QED) is 0.627. The molecular formula is C8H12S2. The maximum absolute atomic E-state index is 2.22. The summed E-state index contributed by atoms with van der Waals surface area (Å²) in [6.45, 7) is 2.22. The first-order chi connectivity index (χ1) is 4.93. The molecule has 1 aromatic rings. The lowest BCUT2D eigenvalue weighted by molar-refractivity contribution is 1.10. The van der Waals surface area contributed by atoms with Crippen molar-refractivity contribution in [2.75, 3.05) is 5.75 Å². The molecule has 0 nitrogen and oxygen atoms in total. The van der Waals surface area contributed by atoms with Gasteiger partial charge >= 0.3 is 0 Å². The Morgan fingerprint density at radius 1 is 1.60 bits per heavy atom. The topological polar surface area (TPSA) is 0 Å². The average molecular weight is 172 g/mol. The van der Waals surface area contributed by atoms with Crippen LogP contribution in [0.4, 0.5) is 0 Å². The summed E-state index contributed by atoms with van der Waals surface area (Å²) in [4.78, 5) is 0. The Labute approximate surface area is 70.7 Å². The summed E-state index contributed by atoms with van der Waals surface area (Å²) < 4.78 is 0. The third kappa shape index (κ3) is 2.76. The molecule has 1 heterocycles. The van der Waals surface area contributed by atoms with Gasteiger partial charge in [-0.1, -0.05) is 6.92 Å². The van der Waals surface area contributed by atoms with E-state index < -0.39 is 0 Å². The van der Waals surface area contributed by atoms with Crippen molar-refractivity contribution >= 4 is 23.1 Å². The van der Waals surface area contributed by atoms with Crippen molar-refractivity contribution in [2.24, 2.45) is 0 Å². The highest BCUT2D eigenvalue weighted by Gasteiger charge is 1.90. The molecule has 0 unspecified atom stereocenters. The van der Waals surface area contributed by atoms with E-state index in [1.165, 1.54) is 23.5 Å². The molecule has 1 aromatic heterocycles. The molecule has 0 saturated carbocycles. The standard InChI is InChI=1S/C8H12S2/c1-2-4-9-6-8-3-5-10-7-8/h3,5,7H,2,4,6H2,1H3. The number of rotatable bonds is 4. The summed E-state index contributed by atoms with van der Waals surface area (Å²) in [7, 11) is 0. The number of hydrogen-bond donors (Lipinski definition) is 0. The van der Waals surface area contributed by atoms with Gasteiger partial charge < -0.3 is 0 Å². The normalized spacial score (nSPS) is 10.1. The first-order valence-corrected chi connectivity index (χ1v) is 5.62. The molecule has 0 saturated heterocycles. The molecular weight excluding hydrogens is 160 g/mol. The van der Waals surface area contributed by atoms with Crippen molar-refractivity contribution in [3.8, 4) is 0 Å². The van der Waals surface area contributed by atoms with E-state index in [9.17, 15) is 0 Å². The molecule has 0 aromatic carbocycles. The minimum absolute atomic E-state index is 1.19. The predicted octanol–water partition coefficient (Wildman–Crippen LogP) is 3.39. The lowest BCUT2D eigenvalue weighted by Gasteiger charge is -1.94.